The van der Waals surface area contributed by atoms with Crippen molar-refractivity contribution in [3.8, 4) is 0 Å². The first-order valence-electron chi connectivity index (χ1n) is 6.98. The monoisotopic (exact) mass is 243 g/mol. The fourth-order valence-electron chi connectivity index (χ4n) is 2.51. The van der Waals surface area contributed by atoms with Crippen LogP contribution in [0.25, 0.3) is 0 Å². The van der Waals surface area contributed by atoms with E-state index in [1.807, 2.05) is 0 Å². The molecule has 3 heteroatoms. The average Bonchev–Trinajstić information content (AvgIpc) is 2.27. The first-order chi connectivity index (χ1) is 8.03. The van der Waals surface area contributed by atoms with Crippen molar-refractivity contribution in [2.45, 2.75) is 52.1 Å². The van der Waals surface area contributed by atoms with Crippen LogP contribution in [0.3, 0.4) is 0 Å². The van der Waals surface area contributed by atoms with Crippen molar-refractivity contribution in [2.75, 3.05) is 26.3 Å². The molecule has 1 fully saturated rings. The Kier molecular flexibility index (Phi) is 6.45. The van der Waals surface area contributed by atoms with Gasteiger partial charge in [-0.2, -0.15) is 0 Å². The molecule has 0 bridgehead atoms. The molecule has 0 aromatic carbocycles. The molecular formula is C14H29NO2. The molecule has 2 atom stereocenters. The lowest BCUT2D eigenvalue weighted by molar-refractivity contribution is -0.00151. The van der Waals surface area contributed by atoms with Gasteiger partial charge in [-0.15, -0.1) is 0 Å². The van der Waals surface area contributed by atoms with E-state index < -0.39 is 0 Å². The number of rotatable bonds is 6. The summed E-state index contributed by atoms with van der Waals surface area (Å²) in [7, 11) is 0. The number of aliphatic hydroxyl groups is 1. The molecule has 0 aromatic heterocycles. The highest BCUT2D eigenvalue weighted by Gasteiger charge is 2.23. The molecule has 0 aromatic rings. The van der Waals surface area contributed by atoms with Gasteiger partial charge in [-0.05, 0) is 52.0 Å². The second-order valence-corrected chi connectivity index (χ2v) is 6.15. The normalized spacial score (nSPS) is 26.1. The third-order valence-corrected chi connectivity index (χ3v) is 3.52. The number of aliphatic hydroxyl groups excluding tert-OH is 1. The third kappa shape index (κ3) is 6.39. The Bertz CT molecular complexity index is 201. The van der Waals surface area contributed by atoms with Gasteiger partial charge in [-0.25, -0.2) is 0 Å². The van der Waals surface area contributed by atoms with Crippen LogP contribution < -0.4 is 5.32 Å². The predicted molar refractivity (Wildman–Crippen MR) is 71.1 cm³/mol. The number of hydrogen-bond donors (Lipinski definition) is 2. The van der Waals surface area contributed by atoms with Gasteiger partial charge < -0.3 is 15.2 Å². The van der Waals surface area contributed by atoms with E-state index in [0.717, 1.165) is 19.7 Å². The molecule has 1 rings (SSSR count). The summed E-state index contributed by atoms with van der Waals surface area (Å²) >= 11 is 0. The second-order valence-electron chi connectivity index (χ2n) is 6.15. The first kappa shape index (κ1) is 14.9. The van der Waals surface area contributed by atoms with Crippen molar-refractivity contribution in [2.24, 2.45) is 11.8 Å². The molecule has 0 radical (unpaired) electrons. The van der Waals surface area contributed by atoms with Gasteiger partial charge in [0.1, 0.15) is 0 Å². The molecule has 3 nitrogen and oxygen atoms in total. The van der Waals surface area contributed by atoms with Gasteiger partial charge in [0.05, 0.1) is 12.2 Å². The van der Waals surface area contributed by atoms with E-state index in [1.165, 1.54) is 25.7 Å². The largest absolute Gasteiger partial charge is 0.396 e. The van der Waals surface area contributed by atoms with Crippen LogP contribution in [0.2, 0.25) is 0 Å². The van der Waals surface area contributed by atoms with E-state index >= 15 is 0 Å². The van der Waals surface area contributed by atoms with Gasteiger partial charge in [-0.3, -0.25) is 0 Å². The predicted octanol–water partition coefficient (Wildman–Crippen LogP) is 2.19. The van der Waals surface area contributed by atoms with Crippen molar-refractivity contribution in [1.29, 1.82) is 0 Å². The maximum Gasteiger partial charge on any atom is 0.0599 e. The zero-order valence-corrected chi connectivity index (χ0v) is 11.7. The topological polar surface area (TPSA) is 41.5 Å². The Balaban J connectivity index is 2.08. The van der Waals surface area contributed by atoms with Crippen LogP contribution in [0.1, 0.15) is 46.5 Å². The van der Waals surface area contributed by atoms with E-state index in [9.17, 15) is 5.11 Å². The van der Waals surface area contributed by atoms with Crippen LogP contribution in [0.4, 0.5) is 0 Å². The highest BCUT2D eigenvalue weighted by atomic mass is 16.5. The van der Waals surface area contributed by atoms with Gasteiger partial charge in [0.25, 0.3) is 0 Å². The van der Waals surface area contributed by atoms with Crippen LogP contribution in [0.15, 0.2) is 0 Å². The van der Waals surface area contributed by atoms with Crippen LogP contribution in [-0.2, 0) is 4.74 Å². The molecular weight excluding hydrogens is 214 g/mol. The van der Waals surface area contributed by atoms with Gasteiger partial charge in [0, 0.05) is 13.2 Å². The summed E-state index contributed by atoms with van der Waals surface area (Å²) in [6.07, 6.45) is 5.07. The molecule has 0 spiro atoms. The van der Waals surface area contributed by atoms with Crippen molar-refractivity contribution >= 4 is 0 Å². The summed E-state index contributed by atoms with van der Waals surface area (Å²) in [6.45, 7) is 9.29. The van der Waals surface area contributed by atoms with Crippen LogP contribution >= 0.6 is 0 Å². The van der Waals surface area contributed by atoms with Gasteiger partial charge in [0.2, 0.25) is 0 Å². The SMILES string of the molecule is CC(C)(C)OCCNCC1CCCCC1CO. The molecule has 2 N–H and O–H groups in total. The van der Waals surface area contributed by atoms with Crippen LogP contribution in [0.5, 0.6) is 0 Å². The van der Waals surface area contributed by atoms with Gasteiger partial charge >= 0.3 is 0 Å². The minimum Gasteiger partial charge on any atom is -0.396 e. The lowest BCUT2D eigenvalue weighted by atomic mass is 9.79. The quantitative estimate of drug-likeness (QED) is 0.703. The molecule has 2 unspecified atom stereocenters. The number of nitrogens with one attached hydrogen (secondary N) is 1. The fraction of sp³-hybridized carbons (Fsp3) is 1.00. The maximum atomic E-state index is 9.32. The van der Waals surface area contributed by atoms with E-state index in [1.54, 1.807) is 0 Å². The molecule has 17 heavy (non-hydrogen) atoms. The number of hydrogen-bond acceptors (Lipinski definition) is 3. The summed E-state index contributed by atoms with van der Waals surface area (Å²) in [4.78, 5) is 0. The Morgan fingerprint density at radius 2 is 1.82 bits per heavy atom. The Morgan fingerprint density at radius 3 is 2.41 bits per heavy atom. The lowest BCUT2D eigenvalue weighted by Crippen LogP contribution is -2.34. The molecule has 1 aliphatic rings. The van der Waals surface area contributed by atoms with Crippen molar-refractivity contribution in [3.63, 3.8) is 0 Å². The zero-order chi connectivity index (χ0) is 12.7. The summed E-state index contributed by atoms with van der Waals surface area (Å²) in [5.74, 6) is 1.17. The van der Waals surface area contributed by atoms with E-state index in [-0.39, 0.29) is 5.60 Å². The lowest BCUT2D eigenvalue weighted by Gasteiger charge is -2.30. The van der Waals surface area contributed by atoms with Crippen LogP contribution in [0, 0.1) is 11.8 Å². The molecule has 0 amide bonds. The first-order valence-corrected chi connectivity index (χ1v) is 6.98. The van der Waals surface area contributed by atoms with Gasteiger partial charge in [0.15, 0.2) is 0 Å². The molecule has 0 aliphatic heterocycles. The van der Waals surface area contributed by atoms with Gasteiger partial charge in [-0.1, -0.05) is 12.8 Å². The smallest absolute Gasteiger partial charge is 0.0599 e. The Morgan fingerprint density at radius 1 is 1.18 bits per heavy atom. The molecule has 1 saturated carbocycles. The zero-order valence-electron chi connectivity index (χ0n) is 11.7. The average molecular weight is 243 g/mol. The molecule has 0 saturated heterocycles. The van der Waals surface area contributed by atoms with Crippen molar-refractivity contribution in [3.05, 3.63) is 0 Å². The maximum absolute atomic E-state index is 9.32. The number of ether oxygens (including phenoxy) is 1. The van der Waals surface area contributed by atoms with E-state index in [2.05, 4.69) is 26.1 Å². The van der Waals surface area contributed by atoms with E-state index in [4.69, 9.17) is 4.74 Å². The van der Waals surface area contributed by atoms with Crippen molar-refractivity contribution in [1.82, 2.24) is 5.32 Å². The highest BCUT2D eigenvalue weighted by Crippen LogP contribution is 2.28. The van der Waals surface area contributed by atoms with E-state index in [0.29, 0.717) is 18.4 Å². The Hall–Kier alpha value is -0.120. The minimum atomic E-state index is -0.0415. The summed E-state index contributed by atoms with van der Waals surface area (Å²) < 4.78 is 5.66. The second kappa shape index (κ2) is 7.34. The minimum absolute atomic E-state index is 0.0415. The summed E-state index contributed by atoms with van der Waals surface area (Å²) in [5.41, 5.74) is -0.0415. The fourth-order valence-corrected chi connectivity index (χ4v) is 2.51. The summed E-state index contributed by atoms with van der Waals surface area (Å²) in [5, 5.41) is 12.8. The standard InChI is InChI=1S/C14H29NO2/c1-14(2,3)17-9-8-15-10-12-6-4-5-7-13(12)11-16/h12-13,15-16H,4-11H2,1-3H3. The molecule has 102 valence electrons. The molecule has 1 aliphatic carbocycles. The Labute approximate surface area is 106 Å². The highest BCUT2D eigenvalue weighted by molar-refractivity contribution is 4.76. The third-order valence-electron chi connectivity index (χ3n) is 3.52. The summed E-state index contributed by atoms with van der Waals surface area (Å²) in [6, 6.07) is 0. The van der Waals surface area contributed by atoms with Crippen molar-refractivity contribution < 1.29 is 9.84 Å². The molecule has 0 heterocycles. The van der Waals surface area contributed by atoms with Crippen LogP contribution in [-0.4, -0.2) is 37.0 Å².